The number of nitrogens with one attached hydrogen (secondary N) is 1. The maximum Gasteiger partial charge on any atom is 0.0802 e. The molecule has 0 amide bonds. The molecule has 0 radical (unpaired) electrons. The summed E-state index contributed by atoms with van der Waals surface area (Å²) in [5, 5.41) is 3.13. The predicted octanol–water partition coefficient (Wildman–Crippen LogP) is 1.23. The first-order valence-corrected chi connectivity index (χ1v) is 3.14. The number of nitrogens with zero attached hydrogens (tertiary/aromatic N) is 1. The van der Waals surface area contributed by atoms with Gasteiger partial charge in [0.05, 0.1) is 6.17 Å². The molecular formula is C7H12N2. The van der Waals surface area contributed by atoms with E-state index in [0.29, 0.717) is 6.17 Å². The Morgan fingerprint density at radius 1 is 1.33 bits per heavy atom. The first-order chi connectivity index (χ1) is 4.34. The molecule has 2 nitrogen and oxygen atoms in total. The molecule has 1 aromatic heterocycles. The lowest BCUT2D eigenvalue weighted by atomic mass is 10.5. The Morgan fingerprint density at radius 3 is 2.33 bits per heavy atom. The van der Waals surface area contributed by atoms with Crippen LogP contribution in [0.3, 0.4) is 0 Å². The van der Waals surface area contributed by atoms with E-state index in [1.165, 1.54) is 0 Å². The molecule has 0 aromatic carbocycles. The van der Waals surface area contributed by atoms with Gasteiger partial charge in [-0.2, -0.15) is 0 Å². The zero-order chi connectivity index (χ0) is 6.69. The Balaban J connectivity index is 2.65. The second-order valence-corrected chi connectivity index (χ2v) is 2.09. The summed E-state index contributed by atoms with van der Waals surface area (Å²) < 4.78 is 2.11. The van der Waals surface area contributed by atoms with Crippen LogP contribution in [0.15, 0.2) is 24.5 Å². The largest absolute Gasteiger partial charge is 0.339 e. The van der Waals surface area contributed by atoms with Crippen LogP contribution < -0.4 is 5.32 Å². The smallest absolute Gasteiger partial charge is 0.0802 e. The number of hydrogen-bond acceptors (Lipinski definition) is 1. The van der Waals surface area contributed by atoms with E-state index in [0.717, 1.165) is 0 Å². The zero-order valence-electron chi connectivity index (χ0n) is 5.83. The Kier molecular flexibility index (Phi) is 1.90. The molecule has 0 saturated heterocycles. The average molecular weight is 124 g/mol. The van der Waals surface area contributed by atoms with Crippen molar-refractivity contribution in [2.45, 2.75) is 13.1 Å². The Labute approximate surface area is 55.5 Å². The fourth-order valence-corrected chi connectivity index (χ4v) is 0.755. The maximum absolute atomic E-state index is 3.13. The Bertz CT molecular complexity index is 155. The van der Waals surface area contributed by atoms with Gasteiger partial charge in [0.15, 0.2) is 0 Å². The standard InChI is InChI=1S/C7H12N2/c1-7(8-2)9-5-3-4-6-9/h3-8H,1-2H3. The third-order valence-electron chi connectivity index (χ3n) is 1.49. The molecule has 1 unspecified atom stereocenters. The molecule has 0 bridgehead atoms. The molecule has 0 aliphatic rings. The fourth-order valence-electron chi connectivity index (χ4n) is 0.755. The van der Waals surface area contributed by atoms with Crippen LogP contribution >= 0.6 is 0 Å². The van der Waals surface area contributed by atoms with Gasteiger partial charge >= 0.3 is 0 Å². The van der Waals surface area contributed by atoms with Gasteiger partial charge in [0, 0.05) is 12.4 Å². The van der Waals surface area contributed by atoms with Crippen molar-refractivity contribution < 1.29 is 0 Å². The number of rotatable bonds is 2. The molecule has 1 atom stereocenters. The topological polar surface area (TPSA) is 17.0 Å². The van der Waals surface area contributed by atoms with Gasteiger partial charge in [-0.1, -0.05) is 0 Å². The molecule has 1 rings (SSSR count). The lowest BCUT2D eigenvalue weighted by Gasteiger charge is -2.10. The third-order valence-corrected chi connectivity index (χ3v) is 1.49. The lowest BCUT2D eigenvalue weighted by Crippen LogP contribution is -2.17. The minimum Gasteiger partial charge on any atom is -0.339 e. The van der Waals surface area contributed by atoms with Crippen molar-refractivity contribution in [2.24, 2.45) is 0 Å². The van der Waals surface area contributed by atoms with Crippen molar-refractivity contribution in [1.29, 1.82) is 0 Å². The monoisotopic (exact) mass is 124 g/mol. The summed E-state index contributed by atoms with van der Waals surface area (Å²) >= 11 is 0. The van der Waals surface area contributed by atoms with E-state index < -0.39 is 0 Å². The Morgan fingerprint density at radius 2 is 1.89 bits per heavy atom. The highest BCUT2D eigenvalue weighted by atomic mass is 15.1. The Hall–Kier alpha value is -0.760. The molecular weight excluding hydrogens is 112 g/mol. The van der Waals surface area contributed by atoms with Gasteiger partial charge in [-0.3, -0.25) is 0 Å². The van der Waals surface area contributed by atoms with Gasteiger partial charge in [0.2, 0.25) is 0 Å². The highest BCUT2D eigenvalue weighted by molar-refractivity contribution is 4.91. The van der Waals surface area contributed by atoms with Crippen LogP contribution in [0, 0.1) is 0 Å². The van der Waals surface area contributed by atoms with Crippen molar-refractivity contribution in [2.75, 3.05) is 7.05 Å². The second-order valence-electron chi connectivity index (χ2n) is 2.09. The zero-order valence-corrected chi connectivity index (χ0v) is 5.83. The van der Waals surface area contributed by atoms with Crippen LogP contribution in [0.5, 0.6) is 0 Å². The highest BCUT2D eigenvalue weighted by Gasteiger charge is 1.94. The van der Waals surface area contributed by atoms with Crippen LogP contribution in [0.2, 0.25) is 0 Å². The SMILES string of the molecule is CNC(C)n1cccc1. The molecule has 2 heteroatoms. The predicted molar refractivity (Wildman–Crippen MR) is 38.2 cm³/mol. The van der Waals surface area contributed by atoms with E-state index in [1.807, 2.05) is 31.6 Å². The molecule has 1 aromatic rings. The van der Waals surface area contributed by atoms with Crippen LogP contribution in [0.4, 0.5) is 0 Å². The molecule has 50 valence electrons. The normalized spacial score (nSPS) is 13.6. The fraction of sp³-hybridized carbons (Fsp3) is 0.429. The molecule has 1 heterocycles. The first-order valence-electron chi connectivity index (χ1n) is 3.14. The summed E-state index contributed by atoms with van der Waals surface area (Å²) in [7, 11) is 1.95. The third kappa shape index (κ3) is 1.33. The summed E-state index contributed by atoms with van der Waals surface area (Å²) in [6, 6.07) is 4.04. The van der Waals surface area contributed by atoms with E-state index in [4.69, 9.17) is 0 Å². The molecule has 0 spiro atoms. The van der Waals surface area contributed by atoms with Crippen molar-refractivity contribution in [3.63, 3.8) is 0 Å². The van der Waals surface area contributed by atoms with Crippen molar-refractivity contribution in [3.05, 3.63) is 24.5 Å². The van der Waals surface area contributed by atoms with Crippen LogP contribution in [-0.2, 0) is 0 Å². The second kappa shape index (κ2) is 2.69. The lowest BCUT2D eigenvalue weighted by molar-refractivity contribution is 0.479. The number of hydrogen-bond donors (Lipinski definition) is 1. The molecule has 1 N–H and O–H groups in total. The molecule has 9 heavy (non-hydrogen) atoms. The summed E-state index contributed by atoms with van der Waals surface area (Å²) in [4.78, 5) is 0. The molecule has 0 saturated carbocycles. The highest BCUT2D eigenvalue weighted by Crippen LogP contribution is 1.98. The van der Waals surface area contributed by atoms with E-state index in [2.05, 4.69) is 16.8 Å². The minimum absolute atomic E-state index is 0.403. The van der Waals surface area contributed by atoms with E-state index in [-0.39, 0.29) is 0 Å². The van der Waals surface area contributed by atoms with Gasteiger partial charge in [0.1, 0.15) is 0 Å². The number of aromatic nitrogens is 1. The average Bonchev–Trinajstić information content (AvgIpc) is 2.37. The summed E-state index contributed by atoms with van der Waals surface area (Å²) in [6.45, 7) is 2.11. The van der Waals surface area contributed by atoms with E-state index in [1.54, 1.807) is 0 Å². The van der Waals surface area contributed by atoms with Crippen LogP contribution in [0.25, 0.3) is 0 Å². The van der Waals surface area contributed by atoms with Gasteiger partial charge in [-0.25, -0.2) is 0 Å². The quantitative estimate of drug-likeness (QED) is 0.627. The van der Waals surface area contributed by atoms with Gasteiger partial charge in [-0.05, 0) is 26.1 Å². The molecule has 0 aliphatic carbocycles. The molecule has 0 aliphatic heterocycles. The maximum atomic E-state index is 3.13. The van der Waals surface area contributed by atoms with Crippen molar-refractivity contribution >= 4 is 0 Å². The van der Waals surface area contributed by atoms with Crippen LogP contribution in [0.1, 0.15) is 13.1 Å². The van der Waals surface area contributed by atoms with E-state index in [9.17, 15) is 0 Å². The summed E-state index contributed by atoms with van der Waals surface area (Å²) in [6.07, 6.45) is 4.49. The summed E-state index contributed by atoms with van der Waals surface area (Å²) in [5.41, 5.74) is 0. The van der Waals surface area contributed by atoms with E-state index >= 15 is 0 Å². The first kappa shape index (κ1) is 6.36. The molecule has 0 fully saturated rings. The van der Waals surface area contributed by atoms with Crippen molar-refractivity contribution in [1.82, 2.24) is 9.88 Å². The van der Waals surface area contributed by atoms with Gasteiger partial charge in [-0.15, -0.1) is 0 Å². The van der Waals surface area contributed by atoms with Gasteiger partial charge in [0.25, 0.3) is 0 Å². The van der Waals surface area contributed by atoms with Crippen molar-refractivity contribution in [3.8, 4) is 0 Å². The minimum atomic E-state index is 0.403. The van der Waals surface area contributed by atoms with Gasteiger partial charge < -0.3 is 9.88 Å². The van der Waals surface area contributed by atoms with Crippen LogP contribution in [-0.4, -0.2) is 11.6 Å². The summed E-state index contributed by atoms with van der Waals surface area (Å²) in [5.74, 6) is 0.